The Labute approximate surface area is 132 Å². The molecule has 0 aromatic heterocycles. The molecule has 1 aromatic carbocycles. The summed E-state index contributed by atoms with van der Waals surface area (Å²) in [5.41, 5.74) is 0.367. The fourth-order valence-corrected chi connectivity index (χ4v) is 2.81. The molecule has 5 nitrogen and oxygen atoms in total. The Kier molecular flexibility index (Phi) is 5.45. The van der Waals surface area contributed by atoms with Gasteiger partial charge in [0.1, 0.15) is 0 Å². The van der Waals surface area contributed by atoms with Gasteiger partial charge in [0.15, 0.2) is 0 Å². The van der Waals surface area contributed by atoms with Crippen molar-refractivity contribution < 1.29 is 14.7 Å². The molecule has 2 amide bonds. The summed E-state index contributed by atoms with van der Waals surface area (Å²) >= 11 is 11.6. The maximum absolute atomic E-state index is 11.8. The van der Waals surface area contributed by atoms with E-state index in [1.807, 2.05) is 0 Å². The number of amides is 2. The van der Waals surface area contributed by atoms with Gasteiger partial charge < -0.3 is 15.7 Å². The van der Waals surface area contributed by atoms with Crippen LogP contribution in [0, 0.1) is 0 Å². The van der Waals surface area contributed by atoms with Crippen molar-refractivity contribution in [3.63, 3.8) is 0 Å². The topological polar surface area (TPSA) is 78.4 Å². The zero-order valence-electron chi connectivity index (χ0n) is 11.2. The first-order valence-electron chi connectivity index (χ1n) is 6.70. The van der Waals surface area contributed by atoms with E-state index in [2.05, 4.69) is 10.6 Å². The van der Waals surface area contributed by atoms with Crippen molar-refractivity contribution in [3.8, 4) is 0 Å². The summed E-state index contributed by atoms with van der Waals surface area (Å²) in [7, 11) is 0. The molecule has 0 spiro atoms. The van der Waals surface area contributed by atoms with Crippen LogP contribution in [0.5, 0.6) is 0 Å². The van der Waals surface area contributed by atoms with Crippen LogP contribution in [0.4, 0.5) is 5.69 Å². The van der Waals surface area contributed by atoms with E-state index < -0.39 is 11.8 Å². The molecular formula is C14H16Cl2N2O3. The van der Waals surface area contributed by atoms with E-state index in [9.17, 15) is 14.7 Å². The first-order valence-corrected chi connectivity index (χ1v) is 7.45. The number of rotatable bonds is 2. The number of aliphatic hydroxyl groups is 1. The van der Waals surface area contributed by atoms with Gasteiger partial charge in [0.05, 0.1) is 6.10 Å². The third kappa shape index (κ3) is 4.88. The second kappa shape index (κ2) is 7.11. The van der Waals surface area contributed by atoms with E-state index in [0.29, 0.717) is 41.4 Å². The van der Waals surface area contributed by atoms with Gasteiger partial charge in [0.25, 0.3) is 0 Å². The van der Waals surface area contributed by atoms with Gasteiger partial charge in [0.2, 0.25) is 0 Å². The molecule has 0 radical (unpaired) electrons. The normalized spacial score (nSPS) is 21.7. The second-order valence-electron chi connectivity index (χ2n) is 5.09. The van der Waals surface area contributed by atoms with Crippen LogP contribution in [0.2, 0.25) is 10.0 Å². The van der Waals surface area contributed by atoms with Gasteiger partial charge in [-0.25, -0.2) is 0 Å². The Morgan fingerprint density at radius 3 is 2.14 bits per heavy atom. The van der Waals surface area contributed by atoms with E-state index in [-0.39, 0.29) is 12.1 Å². The average Bonchev–Trinajstić information content (AvgIpc) is 2.40. The van der Waals surface area contributed by atoms with Gasteiger partial charge in [0, 0.05) is 21.8 Å². The fourth-order valence-electron chi connectivity index (χ4n) is 2.28. The summed E-state index contributed by atoms with van der Waals surface area (Å²) in [6, 6.07) is 4.48. The van der Waals surface area contributed by atoms with Crippen molar-refractivity contribution in [2.75, 3.05) is 5.32 Å². The van der Waals surface area contributed by atoms with Crippen LogP contribution < -0.4 is 10.6 Å². The molecule has 3 N–H and O–H groups in total. The van der Waals surface area contributed by atoms with Crippen LogP contribution in [0.25, 0.3) is 0 Å². The number of carbonyl (C=O) groups excluding carboxylic acids is 2. The lowest BCUT2D eigenvalue weighted by Crippen LogP contribution is -2.43. The Morgan fingerprint density at radius 2 is 1.57 bits per heavy atom. The molecular weight excluding hydrogens is 315 g/mol. The van der Waals surface area contributed by atoms with Crippen molar-refractivity contribution in [3.05, 3.63) is 28.2 Å². The van der Waals surface area contributed by atoms with Gasteiger partial charge in [-0.3, -0.25) is 9.59 Å². The third-order valence-corrected chi connectivity index (χ3v) is 3.80. The van der Waals surface area contributed by atoms with Crippen LogP contribution in [-0.2, 0) is 9.59 Å². The van der Waals surface area contributed by atoms with Crippen LogP contribution >= 0.6 is 23.2 Å². The molecule has 1 fully saturated rings. The lowest BCUT2D eigenvalue weighted by molar-refractivity contribution is -0.136. The first-order chi connectivity index (χ1) is 9.94. The lowest BCUT2D eigenvalue weighted by Gasteiger charge is -2.25. The molecule has 0 atom stereocenters. The number of nitrogens with one attached hydrogen (secondary N) is 2. The van der Waals surface area contributed by atoms with Crippen LogP contribution in [0.15, 0.2) is 18.2 Å². The standard InChI is InChI=1S/C14H16Cl2N2O3/c15-8-5-9(16)7-11(6-8)18-14(21)13(20)17-10-1-3-12(19)4-2-10/h5-7,10,12,19H,1-4H2,(H,17,20)(H,18,21). The Morgan fingerprint density at radius 1 is 1.00 bits per heavy atom. The zero-order valence-corrected chi connectivity index (χ0v) is 12.7. The Hall–Kier alpha value is -1.30. The predicted molar refractivity (Wildman–Crippen MR) is 81.5 cm³/mol. The van der Waals surface area contributed by atoms with Crippen molar-refractivity contribution in [1.82, 2.24) is 5.32 Å². The molecule has 1 aromatic rings. The summed E-state index contributed by atoms with van der Waals surface area (Å²) < 4.78 is 0. The summed E-state index contributed by atoms with van der Waals surface area (Å²) in [4.78, 5) is 23.6. The molecule has 1 aliphatic carbocycles. The summed E-state index contributed by atoms with van der Waals surface area (Å²) in [5, 5.41) is 15.3. The lowest BCUT2D eigenvalue weighted by atomic mass is 9.93. The molecule has 0 saturated heterocycles. The molecule has 2 rings (SSSR count). The van der Waals surface area contributed by atoms with Crippen molar-refractivity contribution in [2.24, 2.45) is 0 Å². The highest BCUT2D eigenvalue weighted by atomic mass is 35.5. The fraction of sp³-hybridized carbons (Fsp3) is 0.429. The van der Waals surface area contributed by atoms with E-state index >= 15 is 0 Å². The highest BCUT2D eigenvalue weighted by molar-refractivity contribution is 6.40. The van der Waals surface area contributed by atoms with Crippen LogP contribution in [0.3, 0.4) is 0 Å². The minimum atomic E-state index is -0.764. The third-order valence-electron chi connectivity index (χ3n) is 3.36. The number of hydrogen-bond acceptors (Lipinski definition) is 3. The number of aliphatic hydroxyl groups excluding tert-OH is 1. The quantitative estimate of drug-likeness (QED) is 0.728. The maximum atomic E-state index is 11.8. The van der Waals surface area contributed by atoms with Crippen molar-refractivity contribution >= 4 is 40.7 Å². The zero-order chi connectivity index (χ0) is 15.4. The molecule has 1 saturated carbocycles. The molecule has 21 heavy (non-hydrogen) atoms. The van der Waals surface area contributed by atoms with Crippen molar-refractivity contribution in [1.29, 1.82) is 0 Å². The minimum absolute atomic E-state index is 0.0744. The van der Waals surface area contributed by atoms with E-state index in [1.54, 1.807) is 0 Å². The van der Waals surface area contributed by atoms with Gasteiger partial charge in [-0.1, -0.05) is 23.2 Å². The van der Waals surface area contributed by atoms with Gasteiger partial charge in [-0.2, -0.15) is 0 Å². The van der Waals surface area contributed by atoms with Crippen LogP contribution in [0.1, 0.15) is 25.7 Å². The molecule has 0 bridgehead atoms. The number of hydrogen-bond donors (Lipinski definition) is 3. The largest absolute Gasteiger partial charge is 0.393 e. The molecule has 0 aliphatic heterocycles. The first kappa shape index (κ1) is 16.1. The van der Waals surface area contributed by atoms with Crippen molar-refractivity contribution in [2.45, 2.75) is 37.8 Å². The summed E-state index contributed by atoms with van der Waals surface area (Å²) in [5.74, 6) is -1.47. The summed E-state index contributed by atoms with van der Waals surface area (Å²) in [6.07, 6.45) is 2.31. The number of halogens is 2. The Bertz CT molecular complexity index is 523. The highest BCUT2D eigenvalue weighted by Crippen LogP contribution is 2.22. The van der Waals surface area contributed by atoms with Gasteiger partial charge in [-0.05, 0) is 43.9 Å². The molecule has 1 aliphatic rings. The monoisotopic (exact) mass is 330 g/mol. The number of carbonyl (C=O) groups is 2. The van der Waals surface area contributed by atoms with E-state index in [4.69, 9.17) is 23.2 Å². The van der Waals surface area contributed by atoms with E-state index in [1.165, 1.54) is 18.2 Å². The Balaban J connectivity index is 1.89. The highest BCUT2D eigenvalue weighted by Gasteiger charge is 2.23. The summed E-state index contributed by atoms with van der Waals surface area (Å²) in [6.45, 7) is 0. The smallest absolute Gasteiger partial charge is 0.313 e. The number of anilines is 1. The minimum Gasteiger partial charge on any atom is -0.393 e. The molecule has 0 heterocycles. The van der Waals surface area contributed by atoms with Crippen LogP contribution in [-0.4, -0.2) is 29.1 Å². The maximum Gasteiger partial charge on any atom is 0.313 e. The average molecular weight is 331 g/mol. The molecule has 114 valence electrons. The SMILES string of the molecule is O=C(Nc1cc(Cl)cc(Cl)c1)C(=O)NC1CCC(O)CC1. The van der Waals surface area contributed by atoms with Gasteiger partial charge >= 0.3 is 11.8 Å². The predicted octanol–water partition coefficient (Wildman–Crippen LogP) is 2.35. The molecule has 7 heteroatoms. The van der Waals surface area contributed by atoms with Gasteiger partial charge in [-0.15, -0.1) is 0 Å². The second-order valence-corrected chi connectivity index (χ2v) is 5.96. The van der Waals surface area contributed by atoms with E-state index in [0.717, 1.165) is 0 Å². The molecule has 0 unspecified atom stereocenters. The number of benzene rings is 1.